The second-order valence-corrected chi connectivity index (χ2v) is 7.04. The molecule has 1 unspecified atom stereocenters. The Morgan fingerprint density at radius 2 is 1.92 bits per heavy atom. The van der Waals surface area contributed by atoms with E-state index in [2.05, 4.69) is 5.10 Å². The van der Waals surface area contributed by atoms with E-state index in [1.807, 2.05) is 23.1 Å². The maximum atomic E-state index is 12.8. The first-order valence-electron chi connectivity index (χ1n) is 8.98. The average molecular weight is 325 g/mol. The van der Waals surface area contributed by atoms with E-state index in [4.69, 9.17) is 0 Å². The van der Waals surface area contributed by atoms with E-state index in [1.165, 1.54) is 30.4 Å². The van der Waals surface area contributed by atoms with Gasteiger partial charge in [0.05, 0.1) is 11.6 Å². The van der Waals surface area contributed by atoms with Crippen LogP contribution in [0.4, 0.5) is 0 Å². The molecule has 0 bridgehead atoms. The number of carbonyl (C=O) groups is 1. The zero-order valence-corrected chi connectivity index (χ0v) is 13.9. The largest absolute Gasteiger partial charge is 0.338 e. The van der Waals surface area contributed by atoms with Gasteiger partial charge < -0.3 is 4.90 Å². The van der Waals surface area contributed by atoms with Crippen molar-refractivity contribution in [2.24, 2.45) is 5.92 Å². The molecule has 1 saturated carbocycles. The van der Waals surface area contributed by atoms with Gasteiger partial charge in [-0.2, -0.15) is 5.10 Å². The standard InChI is InChI=1S/C19H23N3O2/c23-18(21-11-5-10-17(21)14-6-1-2-7-14)13-22-19(24)16-9-4-3-8-15(16)12-20-22/h3-4,8-9,12,14,17H,1-2,5-7,10-11,13H2. The molecule has 1 amide bonds. The maximum absolute atomic E-state index is 12.8. The number of amides is 1. The van der Waals surface area contributed by atoms with Gasteiger partial charge in [-0.05, 0) is 37.7 Å². The normalized spacial score (nSPS) is 21.7. The number of hydrogen-bond donors (Lipinski definition) is 0. The van der Waals surface area contributed by atoms with E-state index in [1.54, 1.807) is 12.3 Å². The quantitative estimate of drug-likeness (QED) is 0.871. The summed E-state index contributed by atoms with van der Waals surface area (Å²) in [4.78, 5) is 27.4. The van der Waals surface area contributed by atoms with Crippen LogP contribution in [0.15, 0.2) is 35.3 Å². The first-order chi connectivity index (χ1) is 11.7. The lowest BCUT2D eigenvalue weighted by molar-refractivity contribution is -0.133. The molecular weight excluding hydrogens is 302 g/mol. The number of fused-ring (bicyclic) bond motifs is 1. The predicted molar refractivity (Wildman–Crippen MR) is 92.7 cm³/mol. The Bertz CT molecular complexity index is 808. The van der Waals surface area contributed by atoms with Gasteiger partial charge in [0.25, 0.3) is 5.56 Å². The number of carbonyl (C=O) groups excluding carboxylic acids is 1. The first-order valence-corrected chi connectivity index (χ1v) is 8.98. The molecule has 5 nitrogen and oxygen atoms in total. The van der Waals surface area contributed by atoms with Crippen molar-refractivity contribution in [3.63, 3.8) is 0 Å². The molecule has 4 rings (SSSR count). The lowest BCUT2D eigenvalue weighted by atomic mass is 9.96. The van der Waals surface area contributed by atoms with Crippen LogP contribution in [-0.2, 0) is 11.3 Å². The van der Waals surface area contributed by atoms with E-state index < -0.39 is 0 Å². The summed E-state index contributed by atoms with van der Waals surface area (Å²) in [6.45, 7) is 0.870. The van der Waals surface area contributed by atoms with E-state index in [0.29, 0.717) is 17.3 Å². The smallest absolute Gasteiger partial charge is 0.275 e. The van der Waals surface area contributed by atoms with Crippen LogP contribution in [0.5, 0.6) is 0 Å². The second-order valence-electron chi connectivity index (χ2n) is 7.04. The highest BCUT2D eigenvalue weighted by atomic mass is 16.2. The van der Waals surface area contributed by atoms with Crippen LogP contribution in [0.1, 0.15) is 38.5 Å². The number of rotatable bonds is 3. The third-order valence-electron chi connectivity index (χ3n) is 5.61. The summed E-state index contributed by atoms with van der Waals surface area (Å²) < 4.78 is 1.31. The lowest BCUT2D eigenvalue weighted by Crippen LogP contribution is -2.42. The molecular formula is C19H23N3O2. The summed E-state index contributed by atoms with van der Waals surface area (Å²) in [5, 5.41) is 5.63. The fourth-order valence-electron chi connectivity index (χ4n) is 4.39. The first kappa shape index (κ1) is 15.4. The zero-order valence-electron chi connectivity index (χ0n) is 13.9. The molecule has 0 N–H and O–H groups in total. The highest BCUT2D eigenvalue weighted by Gasteiger charge is 2.35. The van der Waals surface area contributed by atoms with Crippen molar-refractivity contribution >= 4 is 16.7 Å². The van der Waals surface area contributed by atoms with E-state index >= 15 is 0 Å². The molecule has 1 aromatic heterocycles. The predicted octanol–water partition coefficient (Wildman–Crippen LogP) is 2.58. The van der Waals surface area contributed by atoms with Crippen LogP contribution in [0.2, 0.25) is 0 Å². The molecule has 2 aliphatic rings. The number of aromatic nitrogens is 2. The van der Waals surface area contributed by atoms with Crippen molar-refractivity contribution in [3.05, 3.63) is 40.8 Å². The monoisotopic (exact) mass is 325 g/mol. The van der Waals surface area contributed by atoms with E-state index in [-0.39, 0.29) is 18.0 Å². The lowest BCUT2D eigenvalue weighted by Gasteiger charge is -2.29. The van der Waals surface area contributed by atoms with Crippen LogP contribution < -0.4 is 5.56 Å². The molecule has 24 heavy (non-hydrogen) atoms. The second kappa shape index (κ2) is 6.38. The van der Waals surface area contributed by atoms with Gasteiger partial charge in [0.2, 0.25) is 5.91 Å². The molecule has 126 valence electrons. The van der Waals surface area contributed by atoms with Gasteiger partial charge in [-0.3, -0.25) is 9.59 Å². The molecule has 2 heterocycles. The molecule has 1 saturated heterocycles. The van der Waals surface area contributed by atoms with Crippen molar-refractivity contribution in [1.82, 2.24) is 14.7 Å². The highest BCUT2D eigenvalue weighted by molar-refractivity contribution is 5.81. The minimum Gasteiger partial charge on any atom is -0.338 e. The van der Waals surface area contributed by atoms with Crippen LogP contribution in [0.25, 0.3) is 10.8 Å². The summed E-state index contributed by atoms with van der Waals surface area (Å²) >= 11 is 0. The number of likely N-dealkylation sites (tertiary alicyclic amines) is 1. The summed E-state index contributed by atoms with van der Waals surface area (Å²) in [6, 6.07) is 7.75. The summed E-state index contributed by atoms with van der Waals surface area (Å²) in [7, 11) is 0. The average Bonchev–Trinajstić information content (AvgIpc) is 3.28. The van der Waals surface area contributed by atoms with Crippen LogP contribution >= 0.6 is 0 Å². The Kier molecular flexibility index (Phi) is 4.08. The van der Waals surface area contributed by atoms with Crippen LogP contribution in [0.3, 0.4) is 0 Å². The van der Waals surface area contributed by atoms with Gasteiger partial charge in [-0.15, -0.1) is 0 Å². The molecule has 5 heteroatoms. The van der Waals surface area contributed by atoms with Crippen molar-refractivity contribution in [1.29, 1.82) is 0 Å². The minimum atomic E-state index is -0.182. The van der Waals surface area contributed by atoms with Crippen molar-refractivity contribution in [2.75, 3.05) is 6.54 Å². The summed E-state index contributed by atoms with van der Waals surface area (Å²) in [5.74, 6) is 0.687. The van der Waals surface area contributed by atoms with Gasteiger partial charge in [-0.25, -0.2) is 4.68 Å². The molecule has 2 fully saturated rings. The molecule has 1 aromatic carbocycles. The third-order valence-corrected chi connectivity index (χ3v) is 5.61. The summed E-state index contributed by atoms with van der Waals surface area (Å²) in [6.07, 6.45) is 8.90. The molecule has 2 aromatic rings. The van der Waals surface area contributed by atoms with Crippen molar-refractivity contribution in [2.45, 2.75) is 51.1 Å². The van der Waals surface area contributed by atoms with Gasteiger partial charge in [0.1, 0.15) is 6.54 Å². The molecule has 0 radical (unpaired) electrons. The van der Waals surface area contributed by atoms with Gasteiger partial charge >= 0.3 is 0 Å². The number of nitrogens with zero attached hydrogens (tertiary/aromatic N) is 3. The maximum Gasteiger partial charge on any atom is 0.275 e. The Labute approximate surface area is 141 Å². The number of hydrogen-bond acceptors (Lipinski definition) is 3. The Hall–Kier alpha value is -2.17. The minimum absolute atomic E-state index is 0.0364. The molecule has 1 aliphatic heterocycles. The number of benzene rings is 1. The van der Waals surface area contributed by atoms with Gasteiger partial charge in [0.15, 0.2) is 0 Å². The van der Waals surface area contributed by atoms with Crippen LogP contribution in [-0.4, -0.2) is 33.2 Å². The van der Waals surface area contributed by atoms with Crippen molar-refractivity contribution < 1.29 is 4.79 Å². The topological polar surface area (TPSA) is 55.2 Å². The molecule has 1 atom stereocenters. The van der Waals surface area contributed by atoms with Gasteiger partial charge in [-0.1, -0.05) is 31.0 Å². The molecule has 0 spiro atoms. The molecule has 1 aliphatic carbocycles. The Balaban J connectivity index is 1.55. The Morgan fingerprint density at radius 1 is 1.12 bits per heavy atom. The van der Waals surface area contributed by atoms with Crippen molar-refractivity contribution in [3.8, 4) is 0 Å². The fraction of sp³-hybridized carbons (Fsp3) is 0.526. The highest BCUT2D eigenvalue weighted by Crippen LogP contribution is 2.35. The van der Waals surface area contributed by atoms with Crippen LogP contribution in [0, 0.1) is 5.92 Å². The van der Waals surface area contributed by atoms with E-state index in [0.717, 1.165) is 24.8 Å². The van der Waals surface area contributed by atoms with Gasteiger partial charge in [0, 0.05) is 18.0 Å². The zero-order chi connectivity index (χ0) is 16.5. The Morgan fingerprint density at radius 3 is 2.75 bits per heavy atom. The third kappa shape index (κ3) is 2.72. The van der Waals surface area contributed by atoms with E-state index in [9.17, 15) is 9.59 Å². The summed E-state index contributed by atoms with van der Waals surface area (Å²) in [5.41, 5.74) is -0.182. The fourth-order valence-corrected chi connectivity index (χ4v) is 4.39. The SMILES string of the molecule is O=C(Cn1ncc2ccccc2c1=O)N1CCCC1C1CCCC1.